The number of pyridine rings is 2. The molecule has 0 bridgehead atoms. The van der Waals surface area contributed by atoms with Crippen LogP contribution in [0.25, 0.3) is 33.1 Å². The van der Waals surface area contributed by atoms with Crippen molar-refractivity contribution in [3.63, 3.8) is 0 Å². The van der Waals surface area contributed by atoms with Gasteiger partial charge < -0.3 is 14.1 Å². The summed E-state index contributed by atoms with van der Waals surface area (Å²) in [7, 11) is 1.75. The van der Waals surface area contributed by atoms with Crippen LogP contribution in [0.15, 0.2) is 59.8 Å². The van der Waals surface area contributed by atoms with E-state index in [-0.39, 0.29) is 5.56 Å². The number of fused-ring (bicyclic) bond motifs is 2. The van der Waals surface area contributed by atoms with Crippen molar-refractivity contribution in [3.8, 4) is 11.1 Å². The SMILES string of the molecule is Cc1cc2ncc(-c3cn(C)c(=O)c4[nH]ccc34)cc2n1Cc1c(Cl)cccc1Cl. The fraction of sp³-hybridized carbons (Fsp3) is 0.130. The lowest BCUT2D eigenvalue weighted by atomic mass is 10.1. The highest BCUT2D eigenvalue weighted by Gasteiger charge is 2.15. The zero-order chi connectivity index (χ0) is 21.0. The monoisotopic (exact) mass is 436 g/mol. The third kappa shape index (κ3) is 2.93. The van der Waals surface area contributed by atoms with E-state index in [0.717, 1.165) is 38.8 Å². The second kappa shape index (κ2) is 7.04. The van der Waals surface area contributed by atoms with E-state index < -0.39 is 0 Å². The number of nitrogens with zero attached hydrogens (tertiary/aromatic N) is 3. The van der Waals surface area contributed by atoms with Gasteiger partial charge in [0.25, 0.3) is 5.56 Å². The molecule has 4 aromatic heterocycles. The minimum Gasteiger partial charge on any atom is -0.357 e. The highest BCUT2D eigenvalue weighted by Crippen LogP contribution is 2.31. The Labute approximate surface area is 182 Å². The predicted molar refractivity (Wildman–Crippen MR) is 123 cm³/mol. The summed E-state index contributed by atoms with van der Waals surface area (Å²) in [4.78, 5) is 20.1. The summed E-state index contributed by atoms with van der Waals surface area (Å²) in [6.45, 7) is 2.59. The Morgan fingerprint density at radius 3 is 2.67 bits per heavy atom. The summed E-state index contributed by atoms with van der Waals surface area (Å²) in [5, 5.41) is 2.16. The van der Waals surface area contributed by atoms with E-state index in [1.165, 1.54) is 0 Å². The molecule has 0 saturated heterocycles. The van der Waals surface area contributed by atoms with Gasteiger partial charge in [0.15, 0.2) is 0 Å². The lowest BCUT2D eigenvalue weighted by Crippen LogP contribution is -2.16. The molecule has 5 aromatic rings. The number of hydrogen-bond donors (Lipinski definition) is 1. The number of aromatic amines is 1. The van der Waals surface area contributed by atoms with Crippen LogP contribution in [0, 0.1) is 6.92 Å². The minimum atomic E-state index is -0.0552. The molecule has 5 rings (SSSR count). The maximum Gasteiger partial charge on any atom is 0.274 e. The van der Waals surface area contributed by atoms with Crippen molar-refractivity contribution < 1.29 is 0 Å². The smallest absolute Gasteiger partial charge is 0.274 e. The molecule has 1 N–H and O–H groups in total. The van der Waals surface area contributed by atoms with Crippen molar-refractivity contribution in [2.24, 2.45) is 7.05 Å². The largest absolute Gasteiger partial charge is 0.357 e. The molecule has 4 heterocycles. The molecule has 0 unspecified atom stereocenters. The molecule has 0 radical (unpaired) electrons. The summed E-state index contributed by atoms with van der Waals surface area (Å²) in [5.41, 5.74) is 6.24. The fourth-order valence-corrected chi connectivity index (χ4v) is 4.47. The second-order valence-electron chi connectivity index (χ2n) is 7.43. The van der Waals surface area contributed by atoms with Gasteiger partial charge in [-0.1, -0.05) is 29.3 Å². The molecular formula is C23H18Cl2N4O. The van der Waals surface area contributed by atoms with Crippen LogP contribution >= 0.6 is 23.2 Å². The second-order valence-corrected chi connectivity index (χ2v) is 8.24. The molecule has 0 aliphatic heterocycles. The number of halogens is 2. The zero-order valence-electron chi connectivity index (χ0n) is 16.4. The number of benzene rings is 1. The molecule has 0 fully saturated rings. The van der Waals surface area contributed by atoms with Gasteiger partial charge in [-0.15, -0.1) is 0 Å². The quantitative estimate of drug-likeness (QED) is 0.403. The lowest BCUT2D eigenvalue weighted by Gasteiger charge is -2.12. The first-order valence-corrected chi connectivity index (χ1v) is 10.3. The summed E-state index contributed by atoms with van der Waals surface area (Å²) >= 11 is 12.8. The van der Waals surface area contributed by atoms with Gasteiger partial charge in [0.2, 0.25) is 0 Å². The summed E-state index contributed by atoms with van der Waals surface area (Å²) < 4.78 is 3.75. The van der Waals surface area contributed by atoms with Gasteiger partial charge in [-0.25, -0.2) is 0 Å². The van der Waals surface area contributed by atoms with Crippen LogP contribution in [-0.2, 0) is 13.6 Å². The maximum atomic E-state index is 12.4. The van der Waals surface area contributed by atoms with Crippen molar-refractivity contribution in [1.82, 2.24) is 19.1 Å². The third-order valence-electron chi connectivity index (χ3n) is 5.54. The van der Waals surface area contributed by atoms with E-state index in [1.54, 1.807) is 17.8 Å². The number of H-pyrrole nitrogens is 1. The topological polar surface area (TPSA) is 55.6 Å². The van der Waals surface area contributed by atoms with Gasteiger partial charge in [0, 0.05) is 63.5 Å². The number of aryl methyl sites for hydroxylation is 2. The van der Waals surface area contributed by atoms with Crippen LogP contribution in [0.4, 0.5) is 0 Å². The summed E-state index contributed by atoms with van der Waals surface area (Å²) in [6, 6.07) is 11.6. The minimum absolute atomic E-state index is 0.0552. The Morgan fingerprint density at radius 1 is 1.13 bits per heavy atom. The molecule has 0 amide bonds. The van der Waals surface area contributed by atoms with Crippen molar-refractivity contribution >= 4 is 45.1 Å². The Bertz CT molecular complexity index is 1470. The lowest BCUT2D eigenvalue weighted by molar-refractivity contribution is 0.805. The average Bonchev–Trinajstić information content (AvgIpc) is 3.32. The highest BCUT2D eigenvalue weighted by molar-refractivity contribution is 6.36. The van der Waals surface area contributed by atoms with E-state index in [4.69, 9.17) is 23.2 Å². The number of nitrogens with one attached hydrogen (secondary N) is 1. The Kier molecular flexibility index (Phi) is 4.45. The van der Waals surface area contributed by atoms with Crippen LogP contribution in [0.5, 0.6) is 0 Å². The zero-order valence-corrected chi connectivity index (χ0v) is 17.9. The predicted octanol–water partition coefficient (Wildman–Crippen LogP) is 5.55. The van der Waals surface area contributed by atoms with Crippen molar-refractivity contribution in [2.75, 3.05) is 0 Å². The molecule has 0 aliphatic rings. The molecule has 5 nitrogen and oxygen atoms in total. The first kappa shape index (κ1) is 19.0. The van der Waals surface area contributed by atoms with E-state index in [9.17, 15) is 4.79 Å². The summed E-state index contributed by atoms with van der Waals surface area (Å²) in [5.74, 6) is 0. The Balaban J connectivity index is 1.71. The van der Waals surface area contributed by atoms with Gasteiger partial charge >= 0.3 is 0 Å². The number of aromatic nitrogens is 4. The molecule has 1 aromatic carbocycles. The average molecular weight is 437 g/mol. The fourth-order valence-electron chi connectivity index (χ4n) is 3.95. The maximum absolute atomic E-state index is 12.4. The van der Waals surface area contributed by atoms with Gasteiger partial charge in [-0.05, 0) is 37.3 Å². The molecule has 150 valence electrons. The molecule has 0 aliphatic carbocycles. The van der Waals surface area contributed by atoms with Crippen molar-refractivity contribution in [2.45, 2.75) is 13.5 Å². The molecule has 0 saturated carbocycles. The van der Waals surface area contributed by atoms with Crippen LogP contribution in [-0.4, -0.2) is 19.1 Å². The van der Waals surface area contributed by atoms with Crippen LogP contribution < -0.4 is 5.56 Å². The van der Waals surface area contributed by atoms with Crippen LogP contribution in [0.3, 0.4) is 0 Å². The number of rotatable bonds is 3. The van der Waals surface area contributed by atoms with E-state index in [1.807, 2.05) is 43.6 Å². The molecule has 0 atom stereocenters. The molecular weight excluding hydrogens is 419 g/mol. The van der Waals surface area contributed by atoms with Crippen LogP contribution in [0.1, 0.15) is 11.3 Å². The molecule has 0 spiro atoms. The van der Waals surface area contributed by atoms with Gasteiger partial charge in [-0.3, -0.25) is 9.78 Å². The Hall–Kier alpha value is -3.02. The van der Waals surface area contributed by atoms with Crippen LogP contribution in [0.2, 0.25) is 10.0 Å². The first-order chi connectivity index (χ1) is 14.4. The van der Waals surface area contributed by atoms with Gasteiger partial charge in [0.1, 0.15) is 5.52 Å². The summed E-state index contributed by atoms with van der Waals surface area (Å²) in [6.07, 6.45) is 5.49. The van der Waals surface area contributed by atoms with Crippen molar-refractivity contribution in [3.05, 3.63) is 86.6 Å². The van der Waals surface area contributed by atoms with E-state index in [2.05, 4.69) is 26.7 Å². The van der Waals surface area contributed by atoms with Gasteiger partial charge in [-0.2, -0.15) is 0 Å². The van der Waals surface area contributed by atoms with E-state index >= 15 is 0 Å². The third-order valence-corrected chi connectivity index (χ3v) is 6.25. The normalized spacial score (nSPS) is 11.6. The number of hydrogen-bond acceptors (Lipinski definition) is 2. The molecule has 7 heteroatoms. The van der Waals surface area contributed by atoms with E-state index in [0.29, 0.717) is 22.1 Å². The Morgan fingerprint density at radius 2 is 1.90 bits per heavy atom. The standard InChI is InChI=1S/C23H18Cl2N4O/c1-13-8-20-21(29(13)12-17-18(24)4-3-5-19(17)25)9-14(10-27-20)16-11-28(2)23(30)22-15(16)6-7-26-22/h3-11,26H,12H2,1-2H3. The highest BCUT2D eigenvalue weighted by atomic mass is 35.5. The van der Waals surface area contributed by atoms with Crippen molar-refractivity contribution in [1.29, 1.82) is 0 Å². The van der Waals surface area contributed by atoms with Gasteiger partial charge in [0.05, 0.1) is 17.6 Å². The first-order valence-electron chi connectivity index (χ1n) is 9.50. The molecule has 30 heavy (non-hydrogen) atoms.